The van der Waals surface area contributed by atoms with Gasteiger partial charge in [0.15, 0.2) is 5.78 Å². The number of aliphatic hydroxyl groups is 1. The largest absolute Gasteiger partial charge is 0.390 e. The monoisotopic (exact) mass is 485 g/mol. The summed E-state index contributed by atoms with van der Waals surface area (Å²) in [6.07, 6.45) is 20.2. The fourth-order valence-electron chi connectivity index (χ4n) is 9.10. The van der Waals surface area contributed by atoms with E-state index in [0.29, 0.717) is 23.5 Å². The third-order valence-electron chi connectivity index (χ3n) is 11.7. The highest BCUT2D eigenvalue weighted by Gasteiger charge is 2.64. The van der Waals surface area contributed by atoms with Gasteiger partial charge in [0, 0.05) is 6.42 Å². The Morgan fingerprint density at radius 1 is 0.943 bits per heavy atom. The average molecular weight is 486 g/mol. The van der Waals surface area contributed by atoms with Crippen molar-refractivity contribution in [3.8, 4) is 0 Å². The first-order valence-corrected chi connectivity index (χ1v) is 15.3. The van der Waals surface area contributed by atoms with Gasteiger partial charge in [-0.05, 0) is 125 Å². The first-order valence-electron chi connectivity index (χ1n) is 15.3. The van der Waals surface area contributed by atoms with Gasteiger partial charge in [0.2, 0.25) is 0 Å². The van der Waals surface area contributed by atoms with Crippen molar-refractivity contribution in [1.82, 2.24) is 4.90 Å². The van der Waals surface area contributed by atoms with Crippen LogP contribution >= 0.6 is 0 Å². The summed E-state index contributed by atoms with van der Waals surface area (Å²) in [5.74, 6) is 3.14. The minimum atomic E-state index is -0.517. The van der Waals surface area contributed by atoms with Crippen molar-refractivity contribution in [1.29, 1.82) is 0 Å². The van der Waals surface area contributed by atoms with Crippen molar-refractivity contribution in [2.24, 2.45) is 34.5 Å². The normalized spacial score (nSPS) is 40.9. The topological polar surface area (TPSA) is 40.5 Å². The maximum atomic E-state index is 12.4. The first-order chi connectivity index (χ1) is 16.6. The zero-order valence-corrected chi connectivity index (χ0v) is 23.7. The third kappa shape index (κ3) is 5.33. The minimum absolute atomic E-state index is 0.0677. The van der Waals surface area contributed by atoms with Crippen LogP contribution in [0.1, 0.15) is 124 Å². The van der Waals surface area contributed by atoms with Crippen LogP contribution in [0.15, 0.2) is 11.6 Å². The molecule has 200 valence electrons. The van der Waals surface area contributed by atoms with Gasteiger partial charge in [0.05, 0.1) is 5.60 Å². The van der Waals surface area contributed by atoms with E-state index in [1.807, 2.05) is 0 Å². The Morgan fingerprint density at radius 3 is 2.40 bits per heavy atom. The second-order valence-electron chi connectivity index (χ2n) is 13.8. The molecule has 0 aliphatic heterocycles. The van der Waals surface area contributed by atoms with E-state index < -0.39 is 5.60 Å². The lowest BCUT2D eigenvalue weighted by Crippen LogP contribution is -2.56. The molecule has 0 saturated heterocycles. The molecule has 3 heteroatoms. The molecular formula is C32H55NO2. The molecular weight excluding hydrogens is 430 g/mol. The van der Waals surface area contributed by atoms with Gasteiger partial charge in [-0.25, -0.2) is 0 Å². The van der Waals surface area contributed by atoms with E-state index >= 15 is 0 Å². The summed E-state index contributed by atoms with van der Waals surface area (Å²) in [5.41, 5.74) is 1.26. The fourth-order valence-corrected chi connectivity index (χ4v) is 9.10. The number of carbonyl (C=O) groups is 1. The van der Waals surface area contributed by atoms with Crippen LogP contribution in [-0.2, 0) is 4.79 Å². The van der Waals surface area contributed by atoms with Crippen LogP contribution in [0, 0.1) is 34.5 Å². The quantitative estimate of drug-likeness (QED) is 0.307. The van der Waals surface area contributed by atoms with Crippen LogP contribution in [0.25, 0.3) is 0 Å². The Morgan fingerprint density at radius 2 is 1.63 bits per heavy atom. The number of ketones is 1. The Hall–Kier alpha value is -0.670. The van der Waals surface area contributed by atoms with Gasteiger partial charge in [0.1, 0.15) is 0 Å². The lowest BCUT2D eigenvalue weighted by molar-refractivity contribution is -0.135. The van der Waals surface area contributed by atoms with Crippen LogP contribution in [-0.4, -0.2) is 41.5 Å². The van der Waals surface area contributed by atoms with Crippen LogP contribution in [0.3, 0.4) is 0 Å². The molecule has 0 amide bonds. The number of hydrogen-bond acceptors (Lipinski definition) is 3. The van der Waals surface area contributed by atoms with E-state index in [2.05, 4.69) is 45.7 Å². The van der Waals surface area contributed by atoms with Gasteiger partial charge in [-0.15, -0.1) is 0 Å². The molecule has 0 aromatic heterocycles. The Kier molecular flexibility index (Phi) is 8.58. The van der Waals surface area contributed by atoms with Crippen LogP contribution in [0.2, 0.25) is 0 Å². The molecule has 3 fully saturated rings. The van der Waals surface area contributed by atoms with E-state index in [9.17, 15) is 9.90 Å². The van der Waals surface area contributed by atoms with Gasteiger partial charge in [0.25, 0.3) is 0 Å². The van der Waals surface area contributed by atoms with Gasteiger partial charge >= 0.3 is 0 Å². The number of nitrogens with zero attached hydrogens (tertiary/aromatic N) is 1. The molecule has 0 aromatic rings. The predicted molar refractivity (Wildman–Crippen MR) is 146 cm³/mol. The maximum absolute atomic E-state index is 12.4. The summed E-state index contributed by atoms with van der Waals surface area (Å²) >= 11 is 0. The molecule has 1 N–H and O–H groups in total. The lowest BCUT2D eigenvalue weighted by atomic mass is 9.44. The second kappa shape index (κ2) is 11.0. The van der Waals surface area contributed by atoms with Crippen LogP contribution in [0.5, 0.6) is 0 Å². The van der Waals surface area contributed by atoms with Crippen molar-refractivity contribution in [2.45, 2.75) is 130 Å². The summed E-state index contributed by atoms with van der Waals surface area (Å²) in [6, 6.07) is 0. The predicted octanol–water partition coefficient (Wildman–Crippen LogP) is 7.57. The van der Waals surface area contributed by atoms with Crippen LogP contribution in [0.4, 0.5) is 0 Å². The molecule has 0 unspecified atom stereocenters. The molecule has 3 saturated carbocycles. The second-order valence-corrected chi connectivity index (χ2v) is 13.8. The van der Waals surface area contributed by atoms with Crippen molar-refractivity contribution in [3.63, 3.8) is 0 Å². The number of allylic oxidation sites excluding steroid dienone is 1. The molecule has 4 aliphatic carbocycles. The molecule has 4 rings (SSSR count). The van der Waals surface area contributed by atoms with E-state index in [-0.39, 0.29) is 10.8 Å². The number of carbonyl (C=O) groups excluding carboxylic acids is 1. The van der Waals surface area contributed by atoms with E-state index in [1.54, 1.807) is 0 Å². The summed E-state index contributed by atoms with van der Waals surface area (Å²) in [5, 5.41) is 11.4. The zero-order valence-electron chi connectivity index (χ0n) is 23.7. The van der Waals surface area contributed by atoms with Gasteiger partial charge in [-0.1, -0.05) is 58.4 Å². The average Bonchev–Trinajstić information content (AvgIpc) is 3.06. The summed E-state index contributed by atoms with van der Waals surface area (Å²) in [7, 11) is 2.27. The highest BCUT2D eigenvalue weighted by Crippen LogP contribution is 2.69. The Labute approximate surface area is 216 Å². The number of rotatable bonds is 11. The standard InChI is InChI=1S/C32H55NO2/c1-6-7-20-33(5)21-12-10-8-9-11-13-24-22-25-23-26(34)14-17-30(25,2)27-15-18-31(3)28(29(24)27)16-19-32(31,4)35/h23-24,27-29,35H,6-22H2,1-5H3/t24-,27+,28+,29-,30+,31+,32+/m1/s1. The highest BCUT2D eigenvalue weighted by atomic mass is 16.3. The zero-order chi connectivity index (χ0) is 25.3. The Balaban J connectivity index is 1.38. The number of hydrogen-bond donors (Lipinski definition) is 1. The lowest BCUT2D eigenvalue weighted by Gasteiger charge is -2.61. The first kappa shape index (κ1) is 27.4. The van der Waals surface area contributed by atoms with Gasteiger partial charge in [-0.3, -0.25) is 4.79 Å². The molecule has 4 aliphatic rings. The minimum Gasteiger partial charge on any atom is -0.390 e. The van der Waals surface area contributed by atoms with Crippen LogP contribution < -0.4 is 0 Å². The maximum Gasteiger partial charge on any atom is 0.155 e. The molecule has 7 atom stereocenters. The van der Waals surface area contributed by atoms with Gasteiger partial charge < -0.3 is 10.0 Å². The molecule has 35 heavy (non-hydrogen) atoms. The fraction of sp³-hybridized carbons (Fsp3) is 0.906. The molecule has 0 spiro atoms. The van der Waals surface area contributed by atoms with Crippen molar-refractivity contribution < 1.29 is 9.90 Å². The van der Waals surface area contributed by atoms with Gasteiger partial charge in [-0.2, -0.15) is 0 Å². The smallest absolute Gasteiger partial charge is 0.155 e. The molecule has 0 bridgehead atoms. The van der Waals surface area contributed by atoms with E-state index in [1.165, 1.54) is 82.9 Å². The molecule has 0 heterocycles. The molecule has 0 aromatic carbocycles. The van der Waals surface area contributed by atoms with Crippen molar-refractivity contribution in [2.75, 3.05) is 20.1 Å². The number of fused-ring (bicyclic) bond motifs is 5. The number of unbranched alkanes of at least 4 members (excludes halogenated alkanes) is 5. The van der Waals surface area contributed by atoms with Crippen molar-refractivity contribution >= 4 is 5.78 Å². The van der Waals surface area contributed by atoms with E-state index in [4.69, 9.17) is 0 Å². The summed E-state index contributed by atoms with van der Waals surface area (Å²) < 4.78 is 0. The van der Waals surface area contributed by atoms with E-state index in [0.717, 1.165) is 38.0 Å². The SMILES string of the molecule is CCCCN(C)CCCCCCC[C@@H]1CC2=CC(=O)CC[C@]2(C)[C@H]2CC[C@@]3(C)[C@@H](CC[C@]3(C)O)[C@H]12. The highest BCUT2D eigenvalue weighted by molar-refractivity contribution is 5.91. The van der Waals surface area contributed by atoms with Crippen molar-refractivity contribution in [3.05, 3.63) is 11.6 Å². The Bertz CT molecular complexity index is 772. The summed E-state index contributed by atoms with van der Waals surface area (Å²) in [4.78, 5) is 14.9. The molecule has 0 radical (unpaired) electrons. The molecule has 3 nitrogen and oxygen atoms in total. The summed E-state index contributed by atoms with van der Waals surface area (Å²) in [6.45, 7) is 11.8. The third-order valence-corrected chi connectivity index (χ3v) is 11.7.